The van der Waals surface area contributed by atoms with Crippen molar-refractivity contribution in [3.63, 3.8) is 0 Å². The van der Waals surface area contributed by atoms with Crippen molar-refractivity contribution in [3.05, 3.63) is 0 Å². The monoisotopic (exact) mass is 213 g/mol. The molecule has 0 heterocycles. The van der Waals surface area contributed by atoms with Crippen molar-refractivity contribution in [2.75, 3.05) is 13.1 Å². The topological polar surface area (TPSA) is 32.3 Å². The molecule has 90 valence electrons. The van der Waals surface area contributed by atoms with Crippen LogP contribution in [-0.2, 0) is 0 Å². The molecule has 1 fully saturated rings. The standard InChI is InChI=1S/C13H27NO/c1-2-3-4-5-6-7-8-14-11-12-9-13(15)10-12/h12-15H,2-11H2,1H3. The average Bonchev–Trinajstić information content (AvgIpc) is 2.19. The Bertz CT molecular complexity index is 143. The van der Waals surface area contributed by atoms with E-state index in [4.69, 9.17) is 5.11 Å². The zero-order valence-corrected chi connectivity index (χ0v) is 10.2. The van der Waals surface area contributed by atoms with E-state index in [0.717, 1.165) is 25.3 Å². The predicted molar refractivity (Wildman–Crippen MR) is 65.0 cm³/mol. The molecule has 0 aromatic carbocycles. The summed E-state index contributed by atoms with van der Waals surface area (Å²) in [6.07, 6.45) is 10.3. The van der Waals surface area contributed by atoms with Crippen molar-refractivity contribution in [2.24, 2.45) is 5.92 Å². The third-order valence-corrected chi connectivity index (χ3v) is 3.35. The average molecular weight is 213 g/mol. The van der Waals surface area contributed by atoms with Gasteiger partial charge in [-0.3, -0.25) is 0 Å². The molecule has 0 atom stereocenters. The van der Waals surface area contributed by atoms with Crippen molar-refractivity contribution < 1.29 is 5.11 Å². The lowest BCUT2D eigenvalue weighted by Crippen LogP contribution is -2.36. The summed E-state index contributed by atoms with van der Waals surface area (Å²) in [6, 6.07) is 0. The van der Waals surface area contributed by atoms with Gasteiger partial charge in [0.1, 0.15) is 0 Å². The molecule has 1 rings (SSSR count). The highest BCUT2D eigenvalue weighted by atomic mass is 16.3. The molecule has 2 N–H and O–H groups in total. The molecule has 0 bridgehead atoms. The fraction of sp³-hybridized carbons (Fsp3) is 1.00. The van der Waals surface area contributed by atoms with E-state index < -0.39 is 0 Å². The number of aliphatic hydroxyl groups excluding tert-OH is 1. The van der Waals surface area contributed by atoms with Crippen LogP contribution in [0.1, 0.15) is 58.3 Å². The Morgan fingerprint density at radius 1 is 1.07 bits per heavy atom. The van der Waals surface area contributed by atoms with Gasteiger partial charge in [-0.25, -0.2) is 0 Å². The molecule has 0 saturated heterocycles. The molecular formula is C13H27NO. The molecule has 0 amide bonds. The highest BCUT2D eigenvalue weighted by Gasteiger charge is 2.26. The first-order valence-corrected chi connectivity index (χ1v) is 6.71. The SMILES string of the molecule is CCCCCCCCNCC1CC(O)C1. The smallest absolute Gasteiger partial charge is 0.0546 e. The van der Waals surface area contributed by atoms with Gasteiger partial charge >= 0.3 is 0 Å². The maximum atomic E-state index is 9.11. The van der Waals surface area contributed by atoms with Gasteiger partial charge in [0, 0.05) is 0 Å². The zero-order chi connectivity index (χ0) is 10.9. The van der Waals surface area contributed by atoms with Gasteiger partial charge in [-0.2, -0.15) is 0 Å². The third-order valence-electron chi connectivity index (χ3n) is 3.35. The van der Waals surface area contributed by atoms with E-state index in [1.165, 1.54) is 45.1 Å². The first kappa shape index (κ1) is 13.0. The minimum absolute atomic E-state index is 0.00541. The summed E-state index contributed by atoms with van der Waals surface area (Å²) >= 11 is 0. The summed E-state index contributed by atoms with van der Waals surface area (Å²) in [6.45, 7) is 4.54. The van der Waals surface area contributed by atoms with E-state index in [9.17, 15) is 0 Å². The summed E-state index contributed by atoms with van der Waals surface area (Å²) in [4.78, 5) is 0. The fourth-order valence-electron chi connectivity index (χ4n) is 2.20. The normalized spacial score (nSPS) is 25.2. The van der Waals surface area contributed by atoms with Crippen molar-refractivity contribution >= 4 is 0 Å². The van der Waals surface area contributed by atoms with Crippen molar-refractivity contribution in [2.45, 2.75) is 64.4 Å². The molecule has 0 aromatic heterocycles. The lowest BCUT2D eigenvalue weighted by molar-refractivity contribution is 0.0431. The Morgan fingerprint density at radius 3 is 2.40 bits per heavy atom. The second-order valence-corrected chi connectivity index (χ2v) is 4.96. The quantitative estimate of drug-likeness (QED) is 0.577. The molecule has 2 heteroatoms. The van der Waals surface area contributed by atoms with Gasteiger partial charge in [-0.05, 0) is 38.3 Å². The Kier molecular flexibility index (Phi) is 7.03. The predicted octanol–water partition coefficient (Wildman–Crippen LogP) is 2.71. The number of nitrogens with one attached hydrogen (secondary N) is 1. The number of rotatable bonds is 9. The first-order valence-electron chi connectivity index (χ1n) is 6.71. The van der Waals surface area contributed by atoms with Gasteiger partial charge in [0.2, 0.25) is 0 Å². The van der Waals surface area contributed by atoms with Gasteiger partial charge < -0.3 is 10.4 Å². The molecule has 1 aliphatic carbocycles. The molecule has 0 radical (unpaired) electrons. The summed E-state index contributed by atoms with van der Waals surface area (Å²) in [5, 5.41) is 12.6. The second-order valence-electron chi connectivity index (χ2n) is 4.96. The number of hydrogen-bond donors (Lipinski definition) is 2. The van der Waals surface area contributed by atoms with Crippen LogP contribution in [0.4, 0.5) is 0 Å². The number of hydrogen-bond acceptors (Lipinski definition) is 2. The Labute approximate surface area is 94.5 Å². The van der Waals surface area contributed by atoms with E-state index in [1.807, 2.05) is 0 Å². The fourth-order valence-corrected chi connectivity index (χ4v) is 2.20. The van der Waals surface area contributed by atoms with Crippen molar-refractivity contribution in [3.8, 4) is 0 Å². The van der Waals surface area contributed by atoms with Crippen LogP contribution in [-0.4, -0.2) is 24.3 Å². The molecule has 1 saturated carbocycles. The van der Waals surface area contributed by atoms with Crippen molar-refractivity contribution in [1.82, 2.24) is 5.32 Å². The Morgan fingerprint density at radius 2 is 1.73 bits per heavy atom. The van der Waals surface area contributed by atoms with Crippen LogP contribution in [0.3, 0.4) is 0 Å². The zero-order valence-electron chi connectivity index (χ0n) is 10.2. The molecular weight excluding hydrogens is 186 g/mol. The summed E-state index contributed by atoms with van der Waals surface area (Å²) in [5.41, 5.74) is 0. The van der Waals surface area contributed by atoms with Crippen LogP contribution >= 0.6 is 0 Å². The molecule has 1 aliphatic rings. The van der Waals surface area contributed by atoms with Crippen LogP contribution < -0.4 is 5.32 Å². The van der Waals surface area contributed by atoms with Gasteiger partial charge in [0.25, 0.3) is 0 Å². The van der Waals surface area contributed by atoms with Gasteiger partial charge in [0.05, 0.1) is 6.10 Å². The minimum Gasteiger partial charge on any atom is -0.393 e. The van der Waals surface area contributed by atoms with E-state index in [1.54, 1.807) is 0 Å². The Hall–Kier alpha value is -0.0800. The van der Waals surface area contributed by atoms with Crippen LogP contribution in [0.15, 0.2) is 0 Å². The maximum absolute atomic E-state index is 9.11. The molecule has 0 aromatic rings. The second kappa shape index (κ2) is 8.12. The molecule has 2 nitrogen and oxygen atoms in total. The van der Waals surface area contributed by atoms with E-state index in [-0.39, 0.29) is 6.10 Å². The third kappa shape index (κ3) is 6.16. The van der Waals surface area contributed by atoms with E-state index in [0.29, 0.717) is 0 Å². The molecule has 15 heavy (non-hydrogen) atoms. The lowest BCUT2D eigenvalue weighted by atomic mass is 9.82. The van der Waals surface area contributed by atoms with Gasteiger partial charge in [0.15, 0.2) is 0 Å². The summed E-state index contributed by atoms with van der Waals surface area (Å²) in [5.74, 6) is 0.750. The number of aliphatic hydroxyl groups is 1. The minimum atomic E-state index is 0.00541. The van der Waals surface area contributed by atoms with E-state index >= 15 is 0 Å². The molecule has 0 unspecified atom stereocenters. The van der Waals surface area contributed by atoms with Crippen LogP contribution in [0, 0.1) is 5.92 Å². The van der Waals surface area contributed by atoms with Gasteiger partial charge in [-0.15, -0.1) is 0 Å². The summed E-state index contributed by atoms with van der Waals surface area (Å²) in [7, 11) is 0. The van der Waals surface area contributed by atoms with Crippen LogP contribution in [0.2, 0.25) is 0 Å². The largest absolute Gasteiger partial charge is 0.393 e. The summed E-state index contributed by atoms with van der Waals surface area (Å²) < 4.78 is 0. The first-order chi connectivity index (χ1) is 7.33. The lowest BCUT2D eigenvalue weighted by Gasteiger charge is -2.31. The van der Waals surface area contributed by atoms with Gasteiger partial charge in [-0.1, -0.05) is 39.0 Å². The number of unbranched alkanes of at least 4 members (excludes halogenated alkanes) is 5. The maximum Gasteiger partial charge on any atom is 0.0546 e. The van der Waals surface area contributed by atoms with Crippen LogP contribution in [0.5, 0.6) is 0 Å². The van der Waals surface area contributed by atoms with Crippen molar-refractivity contribution in [1.29, 1.82) is 0 Å². The van der Waals surface area contributed by atoms with E-state index in [2.05, 4.69) is 12.2 Å². The highest BCUT2D eigenvalue weighted by molar-refractivity contribution is 4.79. The molecule has 0 aliphatic heterocycles. The Balaban J connectivity index is 1.70. The van der Waals surface area contributed by atoms with Crippen LogP contribution in [0.25, 0.3) is 0 Å². The molecule has 0 spiro atoms. The highest BCUT2D eigenvalue weighted by Crippen LogP contribution is 2.25.